The number of Topliss-reactive ketones (excluding diaryl/α,β-unsaturated/α-hetero) is 1. The van der Waals surface area contributed by atoms with E-state index in [4.69, 9.17) is 16.6 Å². The van der Waals surface area contributed by atoms with Gasteiger partial charge in [-0.25, -0.2) is 4.98 Å². The second kappa shape index (κ2) is 5.51. The summed E-state index contributed by atoms with van der Waals surface area (Å²) >= 11 is 8.55. The first-order valence-electron chi connectivity index (χ1n) is 7.99. The molecular formula is C17H18ClN3OS2. The van der Waals surface area contributed by atoms with Crippen molar-refractivity contribution in [3.05, 3.63) is 32.7 Å². The fraction of sp³-hybridized carbons (Fsp3) is 0.529. The SMILES string of the molecule is CC1(C)[C@@H]2CC[C@@]1(C)c1nc(SCC(=O)c3ccc(Cl)s3)nnc12. The summed E-state index contributed by atoms with van der Waals surface area (Å²) in [6.07, 6.45) is 2.31. The van der Waals surface area contributed by atoms with Crippen molar-refractivity contribution < 1.29 is 4.79 Å². The third kappa shape index (κ3) is 2.26. The normalized spacial score (nSPS) is 26.6. The first-order valence-corrected chi connectivity index (χ1v) is 10.2. The molecule has 2 aromatic heterocycles. The van der Waals surface area contributed by atoms with Crippen molar-refractivity contribution in [2.24, 2.45) is 5.41 Å². The number of ketones is 1. The zero-order chi connectivity index (χ0) is 17.1. The first kappa shape index (κ1) is 16.5. The van der Waals surface area contributed by atoms with Crippen molar-refractivity contribution in [1.29, 1.82) is 0 Å². The predicted molar refractivity (Wildman–Crippen MR) is 97.3 cm³/mol. The van der Waals surface area contributed by atoms with Crippen LogP contribution in [0.3, 0.4) is 0 Å². The summed E-state index contributed by atoms with van der Waals surface area (Å²) in [5.41, 5.74) is 2.38. The van der Waals surface area contributed by atoms with E-state index in [1.165, 1.54) is 23.1 Å². The van der Waals surface area contributed by atoms with Gasteiger partial charge in [0.05, 0.1) is 26.4 Å². The molecule has 4 nitrogen and oxygen atoms in total. The van der Waals surface area contributed by atoms with Crippen LogP contribution >= 0.6 is 34.7 Å². The minimum absolute atomic E-state index is 0.0501. The average molecular weight is 380 g/mol. The van der Waals surface area contributed by atoms with Crippen LogP contribution in [0.1, 0.15) is 60.6 Å². The molecule has 0 saturated heterocycles. The molecule has 2 atom stereocenters. The highest BCUT2D eigenvalue weighted by atomic mass is 35.5. The Kier molecular flexibility index (Phi) is 3.79. The van der Waals surface area contributed by atoms with Crippen LogP contribution in [0.25, 0.3) is 0 Å². The molecule has 1 saturated carbocycles. The maximum absolute atomic E-state index is 12.2. The van der Waals surface area contributed by atoms with Gasteiger partial charge < -0.3 is 0 Å². The largest absolute Gasteiger partial charge is 0.292 e. The summed E-state index contributed by atoms with van der Waals surface area (Å²) in [5.74, 6) is 0.807. The fourth-order valence-electron chi connectivity index (χ4n) is 4.09. The Hall–Kier alpha value is -0.980. The Morgan fingerprint density at radius 2 is 2.17 bits per heavy atom. The van der Waals surface area contributed by atoms with Gasteiger partial charge in [0.1, 0.15) is 0 Å². The lowest BCUT2D eigenvalue weighted by Crippen LogP contribution is -2.32. The zero-order valence-corrected chi connectivity index (χ0v) is 16.2. The summed E-state index contributed by atoms with van der Waals surface area (Å²) in [7, 11) is 0. The van der Waals surface area contributed by atoms with Gasteiger partial charge >= 0.3 is 0 Å². The molecule has 2 heterocycles. The second-order valence-corrected chi connectivity index (χ2v) is 9.95. The number of fused-ring (bicyclic) bond motifs is 5. The van der Waals surface area contributed by atoms with Crippen molar-refractivity contribution in [2.45, 2.75) is 50.1 Å². The molecule has 7 heteroatoms. The molecule has 2 aromatic rings. The molecule has 0 unspecified atom stereocenters. The van der Waals surface area contributed by atoms with E-state index >= 15 is 0 Å². The molecule has 0 spiro atoms. The third-order valence-corrected chi connectivity index (χ3v) is 8.06. The minimum atomic E-state index is 0.0501. The number of rotatable bonds is 4. The lowest BCUT2D eigenvalue weighted by Gasteiger charge is -2.33. The average Bonchev–Trinajstić information content (AvgIpc) is 3.12. The van der Waals surface area contributed by atoms with Gasteiger partial charge in [0.25, 0.3) is 0 Å². The van der Waals surface area contributed by atoms with Crippen LogP contribution in [0.5, 0.6) is 0 Å². The fourth-order valence-corrected chi connectivity index (χ4v) is 5.83. The van der Waals surface area contributed by atoms with E-state index in [0.29, 0.717) is 26.0 Å². The Morgan fingerprint density at radius 3 is 2.88 bits per heavy atom. The maximum Gasteiger partial charge on any atom is 0.209 e. The highest BCUT2D eigenvalue weighted by Crippen LogP contribution is 2.66. The molecule has 2 aliphatic rings. The molecule has 0 N–H and O–H groups in total. The number of carbonyl (C=O) groups excluding carboxylic acids is 1. The highest BCUT2D eigenvalue weighted by molar-refractivity contribution is 7.99. The van der Waals surface area contributed by atoms with Crippen molar-refractivity contribution >= 4 is 40.5 Å². The molecular weight excluding hydrogens is 362 g/mol. The second-order valence-electron chi connectivity index (χ2n) is 7.29. The van der Waals surface area contributed by atoms with Crippen molar-refractivity contribution in [3.8, 4) is 0 Å². The number of hydrogen-bond donors (Lipinski definition) is 0. The molecule has 0 aromatic carbocycles. The lowest BCUT2D eigenvalue weighted by atomic mass is 9.70. The summed E-state index contributed by atoms with van der Waals surface area (Å²) in [6.45, 7) is 6.91. The lowest BCUT2D eigenvalue weighted by molar-refractivity contribution is 0.102. The van der Waals surface area contributed by atoms with Gasteiger partial charge in [-0.05, 0) is 30.4 Å². The number of nitrogens with zero attached hydrogens (tertiary/aromatic N) is 3. The topological polar surface area (TPSA) is 55.7 Å². The number of aromatic nitrogens is 3. The van der Waals surface area contributed by atoms with E-state index in [-0.39, 0.29) is 16.6 Å². The molecule has 4 rings (SSSR count). The van der Waals surface area contributed by atoms with Crippen LogP contribution in [0, 0.1) is 5.41 Å². The molecule has 0 radical (unpaired) electrons. The van der Waals surface area contributed by atoms with Crippen LogP contribution < -0.4 is 0 Å². The van der Waals surface area contributed by atoms with Crippen LogP contribution in [-0.4, -0.2) is 26.7 Å². The van der Waals surface area contributed by atoms with Gasteiger partial charge in [0.15, 0.2) is 5.78 Å². The molecule has 24 heavy (non-hydrogen) atoms. The van der Waals surface area contributed by atoms with E-state index in [0.717, 1.165) is 24.2 Å². The monoisotopic (exact) mass is 379 g/mol. The number of carbonyl (C=O) groups is 1. The Morgan fingerprint density at radius 1 is 1.38 bits per heavy atom. The third-order valence-electron chi connectivity index (χ3n) is 5.95. The number of hydrogen-bond acceptors (Lipinski definition) is 6. The predicted octanol–water partition coefficient (Wildman–Crippen LogP) is 4.74. The maximum atomic E-state index is 12.2. The summed E-state index contributed by atoms with van der Waals surface area (Å²) in [5, 5.41) is 9.33. The Bertz CT molecular complexity index is 835. The molecule has 2 bridgehead atoms. The molecule has 0 amide bonds. The summed E-state index contributed by atoms with van der Waals surface area (Å²) in [6, 6.07) is 3.51. The van der Waals surface area contributed by atoms with Crippen molar-refractivity contribution in [1.82, 2.24) is 15.2 Å². The van der Waals surface area contributed by atoms with Gasteiger partial charge in [0.2, 0.25) is 5.16 Å². The van der Waals surface area contributed by atoms with Gasteiger partial charge in [-0.15, -0.1) is 16.4 Å². The van der Waals surface area contributed by atoms with Crippen molar-refractivity contribution in [3.63, 3.8) is 0 Å². The van der Waals surface area contributed by atoms with E-state index in [1.807, 2.05) is 0 Å². The van der Waals surface area contributed by atoms with Gasteiger partial charge in [-0.2, -0.15) is 5.10 Å². The van der Waals surface area contributed by atoms with Crippen LogP contribution in [0.15, 0.2) is 17.3 Å². The van der Waals surface area contributed by atoms with Crippen LogP contribution in [-0.2, 0) is 5.41 Å². The van der Waals surface area contributed by atoms with Crippen LogP contribution in [0.2, 0.25) is 4.34 Å². The van der Waals surface area contributed by atoms with Crippen LogP contribution in [0.4, 0.5) is 0 Å². The number of thioether (sulfide) groups is 1. The van der Waals surface area contributed by atoms with Gasteiger partial charge in [-0.1, -0.05) is 44.1 Å². The Balaban J connectivity index is 1.55. The van der Waals surface area contributed by atoms with E-state index in [9.17, 15) is 4.79 Å². The van der Waals surface area contributed by atoms with E-state index in [1.54, 1.807) is 12.1 Å². The highest BCUT2D eigenvalue weighted by Gasteiger charge is 2.61. The zero-order valence-electron chi connectivity index (χ0n) is 13.8. The number of halogens is 1. The molecule has 126 valence electrons. The minimum Gasteiger partial charge on any atom is -0.292 e. The number of thiophene rings is 1. The molecule has 2 aliphatic carbocycles. The van der Waals surface area contributed by atoms with E-state index < -0.39 is 0 Å². The summed E-state index contributed by atoms with van der Waals surface area (Å²) in [4.78, 5) is 17.7. The van der Waals surface area contributed by atoms with Crippen molar-refractivity contribution in [2.75, 3.05) is 5.75 Å². The smallest absolute Gasteiger partial charge is 0.209 e. The molecule has 0 aliphatic heterocycles. The first-order chi connectivity index (χ1) is 11.3. The standard InChI is InChI=1S/C17H18ClN3OS2/c1-16(2)9-6-7-17(16,3)14-13(9)20-21-15(19-14)23-8-10(22)11-4-5-12(18)24-11/h4-5,9H,6-8H2,1-3H3/t9-,17+/m1/s1. The quantitative estimate of drug-likeness (QED) is 0.567. The molecule has 1 fully saturated rings. The van der Waals surface area contributed by atoms with E-state index in [2.05, 4.69) is 31.0 Å². The Labute approximate surface area is 154 Å². The van der Waals surface area contributed by atoms with Gasteiger partial charge in [-0.3, -0.25) is 4.79 Å². The summed E-state index contributed by atoms with van der Waals surface area (Å²) < 4.78 is 0.630. The van der Waals surface area contributed by atoms with Gasteiger partial charge in [0, 0.05) is 11.3 Å².